The van der Waals surface area contributed by atoms with Crippen LogP contribution >= 0.6 is 0 Å². The third kappa shape index (κ3) is 5.37. The number of carboxylic acids is 1. The molecule has 36 heavy (non-hydrogen) atoms. The number of para-hydroxylation sites is 1. The maximum absolute atomic E-state index is 11.2. The molecule has 0 saturated carbocycles. The fraction of sp³-hybridized carbons (Fsp3) is 0.276. The van der Waals surface area contributed by atoms with Gasteiger partial charge in [-0.2, -0.15) is 0 Å². The molecule has 1 atom stereocenters. The minimum Gasteiger partial charge on any atom is -0.488 e. The van der Waals surface area contributed by atoms with Gasteiger partial charge in [0.2, 0.25) is 0 Å². The van der Waals surface area contributed by atoms with Crippen molar-refractivity contribution in [3.05, 3.63) is 83.6 Å². The molecule has 0 spiro atoms. The Labute approximate surface area is 209 Å². The number of fused-ring (bicyclic) bond motifs is 1. The monoisotopic (exact) mass is 487 g/mol. The Kier molecular flexibility index (Phi) is 7.21. The van der Waals surface area contributed by atoms with E-state index in [0.29, 0.717) is 35.8 Å². The van der Waals surface area contributed by atoms with Crippen molar-refractivity contribution in [3.8, 4) is 22.6 Å². The number of nitrogens with two attached hydrogens (primary N) is 1. The van der Waals surface area contributed by atoms with Crippen molar-refractivity contribution in [2.45, 2.75) is 38.5 Å². The van der Waals surface area contributed by atoms with Gasteiger partial charge in [0.25, 0.3) is 0 Å². The molecule has 0 unspecified atom stereocenters. The van der Waals surface area contributed by atoms with Crippen LogP contribution in [-0.2, 0) is 29.1 Å². The Bertz CT molecular complexity index is 1360. The van der Waals surface area contributed by atoms with Gasteiger partial charge in [-0.3, -0.25) is 4.79 Å². The van der Waals surface area contributed by atoms with Crippen LogP contribution < -0.4 is 15.2 Å². The van der Waals surface area contributed by atoms with Gasteiger partial charge < -0.3 is 29.5 Å². The van der Waals surface area contributed by atoms with Gasteiger partial charge >= 0.3 is 5.97 Å². The van der Waals surface area contributed by atoms with Crippen molar-refractivity contribution in [1.82, 2.24) is 0 Å². The Balaban J connectivity index is 1.48. The highest BCUT2D eigenvalue weighted by Crippen LogP contribution is 2.37. The van der Waals surface area contributed by atoms with E-state index in [4.69, 9.17) is 24.4 Å². The summed E-state index contributed by atoms with van der Waals surface area (Å²) in [5.41, 5.74) is 11.0. The van der Waals surface area contributed by atoms with Gasteiger partial charge in [-0.25, -0.2) is 0 Å². The van der Waals surface area contributed by atoms with Crippen LogP contribution in [0, 0.1) is 0 Å². The third-order valence-electron chi connectivity index (χ3n) is 6.36. The number of aliphatic carboxylic acids is 1. The fourth-order valence-electron chi connectivity index (χ4n) is 4.49. The van der Waals surface area contributed by atoms with Gasteiger partial charge in [0, 0.05) is 29.7 Å². The lowest BCUT2D eigenvalue weighted by Crippen LogP contribution is -2.16. The van der Waals surface area contributed by atoms with Crippen LogP contribution in [0.15, 0.2) is 71.3 Å². The summed E-state index contributed by atoms with van der Waals surface area (Å²) >= 11 is 0. The predicted octanol–water partition coefficient (Wildman–Crippen LogP) is 5.32. The standard InChI is InChI=1S/C29H29NO6/c30-15-19-5-3-7-20(11-19)22-12-25-23(16-34-26-9-2-1-6-21(26)14-28(31)32)17-36-29(25)27(13-22)35-18-24-8-4-10-33-24/h1-3,5-7,9,11-13,17,24H,4,8,10,14-16,18,30H2,(H,31,32)/t24-/m1/s1. The zero-order chi connectivity index (χ0) is 24.9. The highest BCUT2D eigenvalue weighted by molar-refractivity contribution is 5.91. The molecule has 0 radical (unpaired) electrons. The normalized spacial score (nSPS) is 15.3. The van der Waals surface area contributed by atoms with Gasteiger partial charge in [-0.05, 0) is 53.8 Å². The zero-order valence-corrected chi connectivity index (χ0v) is 19.9. The van der Waals surface area contributed by atoms with Crippen molar-refractivity contribution < 1.29 is 28.5 Å². The van der Waals surface area contributed by atoms with Gasteiger partial charge in [-0.15, -0.1) is 0 Å². The molecule has 1 saturated heterocycles. The molecular formula is C29H29NO6. The SMILES string of the molecule is NCc1cccc(-c2cc(OC[C@H]3CCCO3)c3occ(COc4ccccc4CC(=O)O)c3c2)c1. The highest BCUT2D eigenvalue weighted by Gasteiger charge is 2.20. The summed E-state index contributed by atoms with van der Waals surface area (Å²) < 4.78 is 24.0. The van der Waals surface area contributed by atoms with Crippen LogP contribution in [0.5, 0.6) is 11.5 Å². The van der Waals surface area contributed by atoms with Crippen molar-refractivity contribution in [2.75, 3.05) is 13.2 Å². The van der Waals surface area contributed by atoms with E-state index >= 15 is 0 Å². The molecule has 0 aliphatic carbocycles. The summed E-state index contributed by atoms with van der Waals surface area (Å²) in [7, 11) is 0. The number of furan rings is 1. The van der Waals surface area contributed by atoms with E-state index in [1.165, 1.54) is 0 Å². The molecule has 1 aliphatic rings. The molecule has 2 heterocycles. The zero-order valence-electron chi connectivity index (χ0n) is 19.9. The average Bonchev–Trinajstić information content (AvgIpc) is 3.56. The Morgan fingerprint density at radius 1 is 1.00 bits per heavy atom. The topological polar surface area (TPSA) is 104 Å². The minimum atomic E-state index is -0.905. The lowest BCUT2D eigenvalue weighted by molar-refractivity contribution is -0.136. The van der Waals surface area contributed by atoms with E-state index in [0.717, 1.165) is 47.1 Å². The predicted molar refractivity (Wildman–Crippen MR) is 136 cm³/mol. The molecule has 1 fully saturated rings. The number of ether oxygens (including phenoxy) is 3. The van der Waals surface area contributed by atoms with E-state index in [-0.39, 0.29) is 19.1 Å². The van der Waals surface area contributed by atoms with Crippen LogP contribution in [0.4, 0.5) is 0 Å². The van der Waals surface area contributed by atoms with Crippen molar-refractivity contribution >= 4 is 16.9 Å². The molecule has 186 valence electrons. The van der Waals surface area contributed by atoms with Crippen molar-refractivity contribution in [3.63, 3.8) is 0 Å². The molecule has 1 aromatic heterocycles. The lowest BCUT2D eigenvalue weighted by atomic mass is 10.00. The molecule has 0 bridgehead atoms. The van der Waals surface area contributed by atoms with Crippen molar-refractivity contribution in [1.29, 1.82) is 0 Å². The number of rotatable bonds is 10. The molecule has 7 nitrogen and oxygen atoms in total. The first kappa shape index (κ1) is 23.9. The minimum absolute atomic E-state index is 0.0766. The smallest absolute Gasteiger partial charge is 0.307 e. The number of hydrogen-bond donors (Lipinski definition) is 2. The Morgan fingerprint density at radius 2 is 1.89 bits per heavy atom. The summed E-state index contributed by atoms with van der Waals surface area (Å²) in [6.45, 7) is 1.90. The second-order valence-corrected chi connectivity index (χ2v) is 8.93. The summed E-state index contributed by atoms with van der Waals surface area (Å²) in [5.74, 6) is 0.279. The van der Waals surface area contributed by atoms with E-state index in [9.17, 15) is 9.90 Å². The van der Waals surface area contributed by atoms with Crippen molar-refractivity contribution in [2.24, 2.45) is 5.73 Å². The van der Waals surface area contributed by atoms with Crippen LogP contribution in [0.3, 0.4) is 0 Å². The number of carboxylic acid groups (broad SMARTS) is 1. The Hall–Kier alpha value is -3.81. The average molecular weight is 488 g/mol. The highest BCUT2D eigenvalue weighted by atomic mass is 16.5. The van der Waals surface area contributed by atoms with Crippen LogP contribution in [0.1, 0.15) is 29.5 Å². The van der Waals surface area contributed by atoms with Crippen LogP contribution in [-0.4, -0.2) is 30.4 Å². The second-order valence-electron chi connectivity index (χ2n) is 8.93. The first-order chi connectivity index (χ1) is 17.6. The van der Waals surface area contributed by atoms with E-state index in [1.807, 2.05) is 30.3 Å². The number of benzene rings is 3. The van der Waals surface area contributed by atoms with E-state index in [2.05, 4.69) is 12.1 Å². The second kappa shape index (κ2) is 10.8. The molecule has 3 N–H and O–H groups in total. The van der Waals surface area contributed by atoms with Gasteiger partial charge in [-0.1, -0.05) is 36.4 Å². The molecule has 1 aliphatic heterocycles. The third-order valence-corrected chi connectivity index (χ3v) is 6.36. The molecule has 4 aromatic rings. The summed E-state index contributed by atoms with van der Waals surface area (Å²) in [6.07, 6.45) is 3.66. The van der Waals surface area contributed by atoms with E-state index < -0.39 is 5.97 Å². The largest absolute Gasteiger partial charge is 0.488 e. The van der Waals surface area contributed by atoms with Gasteiger partial charge in [0.05, 0.1) is 18.8 Å². The summed E-state index contributed by atoms with van der Waals surface area (Å²) in [6, 6.07) is 19.3. The maximum atomic E-state index is 11.2. The lowest BCUT2D eigenvalue weighted by Gasteiger charge is -2.14. The van der Waals surface area contributed by atoms with Crippen LogP contribution in [0.25, 0.3) is 22.1 Å². The first-order valence-corrected chi connectivity index (χ1v) is 12.1. The van der Waals surface area contributed by atoms with E-state index in [1.54, 1.807) is 24.5 Å². The van der Waals surface area contributed by atoms with Gasteiger partial charge in [0.1, 0.15) is 19.0 Å². The fourth-order valence-corrected chi connectivity index (χ4v) is 4.49. The molecule has 5 rings (SSSR count). The molecular weight excluding hydrogens is 458 g/mol. The molecule has 3 aromatic carbocycles. The summed E-state index contributed by atoms with van der Waals surface area (Å²) in [5, 5.41) is 10.1. The maximum Gasteiger partial charge on any atom is 0.307 e. The summed E-state index contributed by atoms with van der Waals surface area (Å²) in [4.78, 5) is 11.2. The molecule has 0 amide bonds. The van der Waals surface area contributed by atoms with Crippen LogP contribution in [0.2, 0.25) is 0 Å². The molecule has 7 heteroatoms. The quantitative estimate of drug-likeness (QED) is 0.312. The first-order valence-electron chi connectivity index (χ1n) is 12.1. The van der Waals surface area contributed by atoms with Gasteiger partial charge in [0.15, 0.2) is 11.3 Å². The Morgan fingerprint density at radius 3 is 2.69 bits per heavy atom. The number of hydrogen-bond acceptors (Lipinski definition) is 6. The number of carbonyl (C=O) groups is 1.